The lowest BCUT2D eigenvalue weighted by Crippen LogP contribution is -2.49. The molecule has 0 spiro atoms. The summed E-state index contributed by atoms with van der Waals surface area (Å²) in [5.41, 5.74) is 5.48. The van der Waals surface area contributed by atoms with Gasteiger partial charge >= 0.3 is 5.97 Å². The highest BCUT2D eigenvalue weighted by Crippen LogP contribution is 2.26. The van der Waals surface area contributed by atoms with Crippen LogP contribution < -0.4 is 5.48 Å². The maximum Gasteiger partial charge on any atom is 0.317 e. The predicted molar refractivity (Wildman–Crippen MR) is 112 cm³/mol. The lowest BCUT2D eigenvalue weighted by molar-refractivity contribution is -0.138. The minimum atomic E-state index is -0.756. The molecule has 9 nitrogen and oxygen atoms in total. The van der Waals surface area contributed by atoms with Crippen LogP contribution in [0.5, 0.6) is 0 Å². The van der Waals surface area contributed by atoms with E-state index in [2.05, 4.69) is 39.7 Å². The molecule has 2 atom stereocenters. The minimum Gasteiger partial charge on any atom is -0.480 e. The Balaban J connectivity index is 1.21. The topological polar surface area (TPSA) is 89.9 Å². The van der Waals surface area contributed by atoms with E-state index in [1.54, 1.807) is 0 Å². The fourth-order valence-electron chi connectivity index (χ4n) is 4.09. The monoisotopic (exact) mass is 417 g/mol. The first-order chi connectivity index (χ1) is 14.7. The van der Waals surface area contributed by atoms with Gasteiger partial charge in [-0.3, -0.25) is 24.4 Å². The molecule has 0 aliphatic carbocycles. The van der Waals surface area contributed by atoms with E-state index in [0.717, 1.165) is 71.0 Å². The molecule has 3 aliphatic heterocycles. The van der Waals surface area contributed by atoms with Crippen molar-refractivity contribution < 1.29 is 19.5 Å². The van der Waals surface area contributed by atoms with Gasteiger partial charge in [0, 0.05) is 32.7 Å². The summed E-state index contributed by atoms with van der Waals surface area (Å²) in [7, 11) is 0. The Hall–Kier alpha value is -2.04. The van der Waals surface area contributed by atoms with Gasteiger partial charge in [0.05, 0.1) is 51.2 Å². The SMILES string of the molecule is O=C(O)CN1CCN(C[C@H]2CC(c3ccc(C=NN4CCOCC4)cc3)NO2)CC1. The molecule has 0 amide bonds. The molecule has 0 radical (unpaired) electrons. The van der Waals surface area contributed by atoms with Crippen LogP contribution in [-0.4, -0.2) is 104 Å². The number of hydrogen-bond donors (Lipinski definition) is 2. The molecule has 1 unspecified atom stereocenters. The van der Waals surface area contributed by atoms with Gasteiger partial charge in [-0.05, 0) is 17.5 Å². The second-order valence-corrected chi connectivity index (χ2v) is 8.09. The zero-order valence-corrected chi connectivity index (χ0v) is 17.3. The van der Waals surface area contributed by atoms with Crippen LogP contribution in [0.4, 0.5) is 0 Å². The number of nitrogens with one attached hydrogen (secondary N) is 1. The van der Waals surface area contributed by atoms with Gasteiger partial charge in [-0.2, -0.15) is 10.6 Å². The molecular formula is C21H31N5O4. The number of carbonyl (C=O) groups is 1. The number of hydroxylamine groups is 1. The van der Waals surface area contributed by atoms with Gasteiger partial charge in [0.25, 0.3) is 0 Å². The second-order valence-electron chi connectivity index (χ2n) is 8.09. The van der Waals surface area contributed by atoms with E-state index in [-0.39, 0.29) is 18.7 Å². The van der Waals surface area contributed by atoms with E-state index >= 15 is 0 Å². The second kappa shape index (κ2) is 10.3. The van der Waals surface area contributed by atoms with Crippen LogP contribution in [-0.2, 0) is 14.4 Å². The van der Waals surface area contributed by atoms with Crippen LogP contribution in [0.15, 0.2) is 29.4 Å². The van der Waals surface area contributed by atoms with Gasteiger partial charge in [-0.15, -0.1) is 0 Å². The largest absolute Gasteiger partial charge is 0.480 e. The number of ether oxygens (including phenoxy) is 1. The summed E-state index contributed by atoms with van der Waals surface area (Å²) in [6.45, 7) is 7.52. The molecule has 0 aromatic heterocycles. The van der Waals surface area contributed by atoms with Gasteiger partial charge in [-0.25, -0.2) is 0 Å². The van der Waals surface area contributed by atoms with E-state index in [9.17, 15) is 4.79 Å². The smallest absolute Gasteiger partial charge is 0.317 e. The summed E-state index contributed by atoms with van der Waals surface area (Å²) in [6, 6.07) is 8.64. The maximum atomic E-state index is 10.8. The summed E-state index contributed by atoms with van der Waals surface area (Å²) >= 11 is 0. The summed E-state index contributed by atoms with van der Waals surface area (Å²) in [4.78, 5) is 21.0. The van der Waals surface area contributed by atoms with Crippen molar-refractivity contribution in [2.75, 3.05) is 65.6 Å². The number of nitrogens with zero attached hydrogens (tertiary/aromatic N) is 4. The van der Waals surface area contributed by atoms with Gasteiger partial charge in [-0.1, -0.05) is 24.3 Å². The van der Waals surface area contributed by atoms with Gasteiger partial charge in [0.15, 0.2) is 0 Å². The fraction of sp³-hybridized carbons (Fsp3) is 0.619. The Bertz CT molecular complexity index is 715. The average molecular weight is 418 g/mol. The summed E-state index contributed by atoms with van der Waals surface area (Å²) < 4.78 is 5.34. The Morgan fingerprint density at radius 3 is 2.50 bits per heavy atom. The molecule has 0 bridgehead atoms. The number of hydrogen-bond acceptors (Lipinski definition) is 8. The summed E-state index contributed by atoms with van der Waals surface area (Å²) in [5, 5.41) is 15.5. The lowest BCUT2D eigenvalue weighted by atomic mass is 10.0. The highest BCUT2D eigenvalue weighted by molar-refractivity contribution is 5.79. The molecule has 164 valence electrons. The van der Waals surface area contributed by atoms with E-state index in [4.69, 9.17) is 14.7 Å². The van der Waals surface area contributed by atoms with E-state index in [1.165, 1.54) is 5.56 Å². The molecule has 3 heterocycles. The lowest BCUT2D eigenvalue weighted by Gasteiger charge is -2.34. The molecule has 0 saturated carbocycles. The Morgan fingerprint density at radius 1 is 1.10 bits per heavy atom. The molecule has 4 rings (SSSR count). The number of morpholine rings is 1. The Kier molecular flexibility index (Phi) is 7.29. The first-order valence-corrected chi connectivity index (χ1v) is 10.7. The quantitative estimate of drug-likeness (QED) is 0.616. The van der Waals surface area contributed by atoms with Crippen LogP contribution in [0.25, 0.3) is 0 Å². The van der Waals surface area contributed by atoms with Crippen molar-refractivity contribution in [3.8, 4) is 0 Å². The van der Waals surface area contributed by atoms with E-state index < -0.39 is 5.97 Å². The first-order valence-electron chi connectivity index (χ1n) is 10.7. The number of carboxylic acids is 1. The Morgan fingerprint density at radius 2 is 1.80 bits per heavy atom. The molecule has 30 heavy (non-hydrogen) atoms. The van der Waals surface area contributed by atoms with E-state index in [0.29, 0.717) is 0 Å². The third-order valence-corrected chi connectivity index (χ3v) is 5.86. The Labute approximate surface area is 177 Å². The van der Waals surface area contributed by atoms with Crippen LogP contribution in [0, 0.1) is 0 Å². The molecule has 3 fully saturated rings. The number of carboxylic acid groups (broad SMARTS) is 1. The van der Waals surface area contributed by atoms with Crippen LogP contribution in [0.2, 0.25) is 0 Å². The number of hydrazone groups is 1. The van der Waals surface area contributed by atoms with Crippen LogP contribution >= 0.6 is 0 Å². The number of piperazine rings is 1. The molecule has 2 N–H and O–H groups in total. The van der Waals surface area contributed by atoms with Crippen molar-refractivity contribution in [2.24, 2.45) is 5.10 Å². The van der Waals surface area contributed by atoms with Crippen molar-refractivity contribution >= 4 is 12.2 Å². The number of benzene rings is 1. The number of rotatable bonds is 7. The van der Waals surface area contributed by atoms with Crippen molar-refractivity contribution in [3.05, 3.63) is 35.4 Å². The molecule has 3 saturated heterocycles. The molecular weight excluding hydrogens is 386 g/mol. The average Bonchev–Trinajstić information content (AvgIpc) is 3.23. The highest BCUT2D eigenvalue weighted by Gasteiger charge is 2.29. The predicted octanol–water partition coefficient (Wildman–Crippen LogP) is 0.390. The van der Waals surface area contributed by atoms with Crippen molar-refractivity contribution in [1.82, 2.24) is 20.3 Å². The zero-order chi connectivity index (χ0) is 20.8. The van der Waals surface area contributed by atoms with Gasteiger partial charge in [0.2, 0.25) is 0 Å². The van der Waals surface area contributed by atoms with Crippen LogP contribution in [0.1, 0.15) is 23.6 Å². The van der Waals surface area contributed by atoms with Crippen molar-refractivity contribution in [3.63, 3.8) is 0 Å². The maximum absolute atomic E-state index is 10.8. The molecule has 1 aromatic carbocycles. The highest BCUT2D eigenvalue weighted by atomic mass is 16.7. The third-order valence-electron chi connectivity index (χ3n) is 5.86. The van der Waals surface area contributed by atoms with E-state index in [1.807, 2.05) is 16.1 Å². The van der Waals surface area contributed by atoms with Crippen molar-refractivity contribution in [2.45, 2.75) is 18.6 Å². The standard InChI is InChI=1S/C21H31N5O4/c27-21(28)16-25-7-5-24(6-8-25)15-19-13-20(23-30-19)18-3-1-17(2-4-18)14-22-26-9-11-29-12-10-26/h1-4,14,19-20,23H,5-13,15-16H2,(H,27,28)/t19-,20?/m1/s1. The van der Waals surface area contributed by atoms with Gasteiger partial charge in [0.1, 0.15) is 0 Å². The van der Waals surface area contributed by atoms with Crippen LogP contribution in [0.3, 0.4) is 0 Å². The zero-order valence-electron chi connectivity index (χ0n) is 17.3. The summed E-state index contributed by atoms with van der Waals surface area (Å²) in [5.74, 6) is -0.756. The first kappa shape index (κ1) is 21.2. The fourth-order valence-corrected chi connectivity index (χ4v) is 4.09. The third kappa shape index (κ3) is 5.99. The normalized spacial score (nSPS) is 26.5. The molecule has 3 aliphatic rings. The van der Waals surface area contributed by atoms with Gasteiger partial charge < -0.3 is 9.84 Å². The number of aliphatic carboxylic acids is 1. The van der Waals surface area contributed by atoms with Crippen molar-refractivity contribution in [1.29, 1.82) is 0 Å². The minimum absolute atomic E-state index is 0.130. The summed E-state index contributed by atoms with van der Waals surface area (Å²) in [6.07, 6.45) is 2.97. The molecule has 9 heteroatoms. The molecule has 1 aromatic rings.